The third kappa shape index (κ3) is 4.81. The van der Waals surface area contributed by atoms with Gasteiger partial charge in [0.1, 0.15) is 0 Å². The van der Waals surface area contributed by atoms with Crippen LogP contribution in [0.3, 0.4) is 0 Å². The molecule has 1 saturated heterocycles. The van der Waals surface area contributed by atoms with Crippen molar-refractivity contribution in [3.63, 3.8) is 0 Å². The van der Waals surface area contributed by atoms with Crippen LogP contribution in [0.1, 0.15) is 24.8 Å². The van der Waals surface area contributed by atoms with E-state index in [9.17, 15) is 13.2 Å². The predicted molar refractivity (Wildman–Crippen MR) is 87.6 cm³/mol. The van der Waals surface area contributed by atoms with Crippen LogP contribution >= 0.6 is 0 Å². The Morgan fingerprint density at radius 2 is 2.05 bits per heavy atom. The molecular weight excluding hydrogens is 300 g/mol. The molecule has 0 spiro atoms. The highest BCUT2D eigenvalue weighted by Gasteiger charge is 2.31. The number of sulfone groups is 1. The molecule has 1 amide bonds. The average Bonchev–Trinajstić information content (AvgIpc) is 2.86. The lowest BCUT2D eigenvalue weighted by atomic mass is 10.0. The van der Waals surface area contributed by atoms with E-state index in [1.807, 2.05) is 42.3 Å². The van der Waals surface area contributed by atoms with Crippen LogP contribution in [-0.2, 0) is 14.6 Å². The zero-order valence-corrected chi connectivity index (χ0v) is 14.0. The lowest BCUT2D eigenvalue weighted by molar-refractivity contribution is -0.122. The first-order chi connectivity index (χ1) is 10.4. The number of rotatable bonds is 6. The minimum atomic E-state index is -2.91. The molecule has 0 radical (unpaired) electrons. The first-order valence-electron chi connectivity index (χ1n) is 7.60. The normalized spacial score (nSPS) is 21.7. The van der Waals surface area contributed by atoms with Crippen molar-refractivity contribution in [1.29, 1.82) is 0 Å². The van der Waals surface area contributed by atoms with Gasteiger partial charge in [-0.2, -0.15) is 0 Å². The number of likely N-dealkylation sites (N-methyl/N-ethyl adjacent to an activating group) is 1. The zero-order chi connectivity index (χ0) is 16.2. The van der Waals surface area contributed by atoms with Gasteiger partial charge in [0.2, 0.25) is 5.91 Å². The molecule has 5 nitrogen and oxygen atoms in total. The fourth-order valence-corrected chi connectivity index (χ4v) is 4.51. The van der Waals surface area contributed by atoms with Crippen molar-refractivity contribution >= 4 is 15.7 Å². The maximum atomic E-state index is 12.0. The molecule has 22 heavy (non-hydrogen) atoms. The van der Waals surface area contributed by atoms with Crippen LogP contribution in [0.2, 0.25) is 0 Å². The Bertz CT molecular complexity index is 601. The van der Waals surface area contributed by atoms with Gasteiger partial charge >= 0.3 is 0 Å². The largest absolute Gasteiger partial charge is 0.354 e. The van der Waals surface area contributed by atoms with Crippen LogP contribution in [0.25, 0.3) is 0 Å². The molecular formula is C16H24N2O3S. The van der Waals surface area contributed by atoms with Crippen LogP contribution in [-0.4, -0.2) is 56.9 Å². The number of carbonyl (C=O) groups excluding carboxylic acids is 1. The van der Waals surface area contributed by atoms with Gasteiger partial charge in [-0.1, -0.05) is 37.3 Å². The van der Waals surface area contributed by atoms with E-state index >= 15 is 0 Å². The summed E-state index contributed by atoms with van der Waals surface area (Å²) in [5.41, 5.74) is 1.19. The van der Waals surface area contributed by atoms with E-state index in [1.165, 1.54) is 5.56 Å². The number of nitrogens with zero attached hydrogens (tertiary/aromatic N) is 1. The van der Waals surface area contributed by atoms with Crippen molar-refractivity contribution in [2.75, 3.05) is 31.6 Å². The molecule has 1 aliphatic rings. The minimum Gasteiger partial charge on any atom is -0.354 e. The lowest BCUT2D eigenvalue weighted by Crippen LogP contribution is -2.42. The Kier molecular flexibility index (Phi) is 5.58. The summed E-state index contributed by atoms with van der Waals surface area (Å²) < 4.78 is 23.0. The summed E-state index contributed by atoms with van der Waals surface area (Å²) in [6.07, 6.45) is 0.618. The number of benzene rings is 1. The average molecular weight is 324 g/mol. The molecule has 0 aromatic heterocycles. The van der Waals surface area contributed by atoms with E-state index in [4.69, 9.17) is 0 Å². The zero-order valence-electron chi connectivity index (χ0n) is 13.2. The van der Waals surface area contributed by atoms with E-state index in [1.54, 1.807) is 0 Å². The van der Waals surface area contributed by atoms with Gasteiger partial charge in [-0.3, -0.25) is 9.69 Å². The van der Waals surface area contributed by atoms with Gasteiger partial charge < -0.3 is 5.32 Å². The Hall–Kier alpha value is -1.40. The van der Waals surface area contributed by atoms with Gasteiger partial charge in [0.15, 0.2) is 9.84 Å². The fourth-order valence-electron chi connectivity index (χ4n) is 2.70. The van der Waals surface area contributed by atoms with Crippen LogP contribution in [0.4, 0.5) is 0 Å². The molecule has 1 fully saturated rings. The van der Waals surface area contributed by atoms with Gasteiger partial charge in [0, 0.05) is 12.6 Å². The summed E-state index contributed by atoms with van der Waals surface area (Å²) in [7, 11) is -1.10. The molecule has 1 aliphatic heterocycles. The van der Waals surface area contributed by atoms with E-state index < -0.39 is 9.84 Å². The number of carbonyl (C=O) groups is 1. The molecule has 1 aromatic rings. The predicted octanol–water partition coefficient (Wildman–Crippen LogP) is 1.03. The third-order valence-electron chi connectivity index (χ3n) is 4.20. The monoisotopic (exact) mass is 324 g/mol. The van der Waals surface area contributed by atoms with E-state index in [-0.39, 0.29) is 35.9 Å². The maximum Gasteiger partial charge on any atom is 0.234 e. The molecule has 2 rings (SSSR count). The summed E-state index contributed by atoms with van der Waals surface area (Å²) >= 11 is 0. The van der Waals surface area contributed by atoms with Crippen LogP contribution in [0.15, 0.2) is 30.3 Å². The molecule has 0 saturated carbocycles. The molecule has 1 heterocycles. The molecule has 2 unspecified atom stereocenters. The fraction of sp³-hybridized carbons (Fsp3) is 0.562. The van der Waals surface area contributed by atoms with E-state index in [0.29, 0.717) is 13.0 Å². The summed E-state index contributed by atoms with van der Waals surface area (Å²) in [5, 5.41) is 2.93. The van der Waals surface area contributed by atoms with Gasteiger partial charge in [-0.25, -0.2) is 8.42 Å². The van der Waals surface area contributed by atoms with Crippen molar-refractivity contribution in [3.05, 3.63) is 35.9 Å². The van der Waals surface area contributed by atoms with Gasteiger partial charge in [-0.15, -0.1) is 0 Å². The molecule has 2 atom stereocenters. The SMILES string of the molecule is CC(CNC(=O)CN(C)C1CCS(=O)(=O)C1)c1ccccc1. The number of nitrogens with one attached hydrogen (secondary N) is 1. The highest BCUT2D eigenvalue weighted by molar-refractivity contribution is 7.91. The second-order valence-corrected chi connectivity index (χ2v) is 8.32. The summed E-state index contributed by atoms with van der Waals surface area (Å²) in [6, 6.07) is 10.0. The molecule has 1 aromatic carbocycles. The molecule has 0 aliphatic carbocycles. The van der Waals surface area contributed by atoms with Crippen molar-refractivity contribution in [2.24, 2.45) is 0 Å². The number of amides is 1. The van der Waals surface area contributed by atoms with Crippen molar-refractivity contribution in [1.82, 2.24) is 10.2 Å². The summed E-state index contributed by atoms with van der Waals surface area (Å²) in [5.74, 6) is 0.586. The summed E-state index contributed by atoms with van der Waals surface area (Å²) in [6.45, 7) is 2.89. The smallest absolute Gasteiger partial charge is 0.234 e. The standard InChI is InChI=1S/C16H24N2O3S/c1-13(14-6-4-3-5-7-14)10-17-16(19)11-18(2)15-8-9-22(20,21)12-15/h3-7,13,15H,8-12H2,1-2H3,(H,17,19). The number of hydrogen-bond donors (Lipinski definition) is 1. The Morgan fingerprint density at radius 1 is 1.36 bits per heavy atom. The second kappa shape index (κ2) is 7.24. The number of hydrogen-bond acceptors (Lipinski definition) is 4. The first kappa shape index (κ1) is 17.0. The van der Waals surface area contributed by atoms with Crippen molar-refractivity contribution in [2.45, 2.75) is 25.3 Å². The highest BCUT2D eigenvalue weighted by atomic mass is 32.2. The van der Waals surface area contributed by atoms with Gasteiger partial charge in [0.05, 0.1) is 18.1 Å². The Labute approximate surface area is 132 Å². The summed E-state index contributed by atoms with van der Waals surface area (Å²) in [4.78, 5) is 13.8. The van der Waals surface area contributed by atoms with Gasteiger partial charge in [-0.05, 0) is 24.9 Å². The van der Waals surface area contributed by atoms with E-state index in [2.05, 4.69) is 12.2 Å². The van der Waals surface area contributed by atoms with Crippen LogP contribution < -0.4 is 5.32 Å². The first-order valence-corrected chi connectivity index (χ1v) is 9.42. The van der Waals surface area contributed by atoms with Gasteiger partial charge in [0.25, 0.3) is 0 Å². The van der Waals surface area contributed by atoms with Crippen molar-refractivity contribution in [3.8, 4) is 0 Å². The van der Waals surface area contributed by atoms with Crippen LogP contribution in [0.5, 0.6) is 0 Å². The Morgan fingerprint density at radius 3 is 2.64 bits per heavy atom. The molecule has 122 valence electrons. The minimum absolute atomic E-state index is 0.0395. The lowest BCUT2D eigenvalue weighted by Gasteiger charge is -2.22. The maximum absolute atomic E-state index is 12.0. The highest BCUT2D eigenvalue weighted by Crippen LogP contribution is 2.16. The van der Waals surface area contributed by atoms with Crippen molar-refractivity contribution < 1.29 is 13.2 Å². The molecule has 6 heteroatoms. The Balaban J connectivity index is 1.76. The quantitative estimate of drug-likeness (QED) is 0.848. The molecule has 1 N–H and O–H groups in total. The topological polar surface area (TPSA) is 66.5 Å². The molecule has 0 bridgehead atoms. The second-order valence-electron chi connectivity index (χ2n) is 6.09. The third-order valence-corrected chi connectivity index (χ3v) is 5.95. The van der Waals surface area contributed by atoms with Crippen LogP contribution in [0, 0.1) is 0 Å². The van der Waals surface area contributed by atoms with E-state index in [0.717, 1.165) is 0 Å².